The van der Waals surface area contributed by atoms with Crippen molar-refractivity contribution >= 4 is 23.0 Å². The molecule has 0 aliphatic heterocycles. The fourth-order valence-corrected chi connectivity index (χ4v) is 3.32. The van der Waals surface area contributed by atoms with E-state index in [-0.39, 0.29) is 0 Å². The number of nitrogens with one attached hydrogen (secondary N) is 1. The summed E-state index contributed by atoms with van der Waals surface area (Å²) in [4.78, 5) is 2.04. The lowest BCUT2D eigenvalue weighted by Crippen LogP contribution is -2.27. The lowest BCUT2D eigenvalue weighted by Gasteiger charge is -2.29. The third-order valence-corrected chi connectivity index (χ3v) is 4.48. The van der Waals surface area contributed by atoms with Gasteiger partial charge in [-0.05, 0) is 43.9 Å². The van der Waals surface area contributed by atoms with Crippen LogP contribution in [-0.4, -0.2) is 20.1 Å². The smallest absolute Gasteiger partial charge is 0.0659 e. The van der Waals surface area contributed by atoms with Crippen molar-refractivity contribution in [1.29, 1.82) is 0 Å². The molecule has 1 aliphatic rings. The summed E-state index contributed by atoms with van der Waals surface area (Å²) in [5.74, 6) is 0.807. The maximum atomic E-state index is 6.31. The molecule has 1 unspecified atom stereocenters. The second kappa shape index (κ2) is 6.51. The van der Waals surface area contributed by atoms with Gasteiger partial charge in [0.1, 0.15) is 0 Å². The van der Waals surface area contributed by atoms with Crippen molar-refractivity contribution in [3.05, 3.63) is 23.2 Å². The summed E-state index contributed by atoms with van der Waals surface area (Å²) in [6.07, 6.45) is 6.90. The minimum atomic E-state index is 0.529. The van der Waals surface area contributed by atoms with Gasteiger partial charge in [0, 0.05) is 25.8 Å². The highest BCUT2D eigenvalue weighted by Crippen LogP contribution is 2.31. The third-order valence-electron chi connectivity index (χ3n) is 4.18. The molecule has 0 radical (unpaired) electrons. The molecule has 1 aromatic rings. The van der Waals surface area contributed by atoms with Crippen LogP contribution in [0.2, 0.25) is 5.02 Å². The number of hydrogen-bond acceptors (Lipinski definition) is 2. The zero-order valence-corrected chi connectivity index (χ0v) is 13.0. The number of benzene rings is 1. The van der Waals surface area contributed by atoms with Crippen LogP contribution in [0.15, 0.2) is 18.2 Å². The van der Waals surface area contributed by atoms with Gasteiger partial charge in [-0.2, -0.15) is 0 Å². The fraction of sp³-hybridized carbons (Fsp3) is 0.625. The van der Waals surface area contributed by atoms with Crippen LogP contribution in [0.5, 0.6) is 0 Å². The molecule has 0 amide bonds. The molecule has 2 nitrogen and oxygen atoms in total. The number of anilines is 2. The highest BCUT2D eigenvalue weighted by molar-refractivity contribution is 6.33. The monoisotopic (exact) mass is 280 g/mol. The molecular weight excluding hydrogens is 256 g/mol. The van der Waals surface area contributed by atoms with Crippen LogP contribution in [0.4, 0.5) is 11.4 Å². The number of halogens is 1. The van der Waals surface area contributed by atoms with E-state index < -0.39 is 0 Å². The Morgan fingerprint density at radius 1 is 1.21 bits per heavy atom. The summed E-state index contributed by atoms with van der Waals surface area (Å²) in [5, 5.41) is 4.43. The van der Waals surface area contributed by atoms with E-state index >= 15 is 0 Å². The summed E-state index contributed by atoms with van der Waals surface area (Å²) < 4.78 is 0. The largest absolute Gasteiger partial charge is 0.382 e. The van der Waals surface area contributed by atoms with Crippen molar-refractivity contribution in [3.63, 3.8) is 0 Å². The molecule has 0 aromatic heterocycles. The van der Waals surface area contributed by atoms with Crippen molar-refractivity contribution in [3.8, 4) is 0 Å². The minimum Gasteiger partial charge on any atom is -0.382 e. The van der Waals surface area contributed by atoms with Crippen LogP contribution >= 0.6 is 11.6 Å². The lowest BCUT2D eigenvalue weighted by molar-refractivity contribution is 0.328. The first-order valence-electron chi connectivity index (χ1n) is 7.31. The Hall–Kier alpha value is -0.890. The van der Waals surface area contributed by atoms with Gasteiger partial charge in [0.05, 0.1) is 10.7 Å². The first-order valence-corrected chi connectivity index (χ1v) is 7.69. The van der Waals surface area contributed by atoms with Crippen LogP contribution in [0.25, 0.3) is 0 Å². The van der Waals surface area contributed by atoms with Gasteiger partial charge >= 0.3 is 0 Å². The van der Waals surface area contributed by atoms with Gasteiger partial charge in [0.2, 0.25) is 0 Å². The van der Waals surface area contributed by atoms with Crippen molar-refractivity contribution in [2.24, 2.45) is 5.92 Å². The van der Waals surface area contributed by atoms with E-state index in [0.29, 0.717) is 6.04 Å². The van der Waals surface area contributed by atoms with Crippen LogP contribution in [0, 0.1) is 5.92 Å². The number of rotatable bonds is 4. The lowest BCUT2D eigenvalue weighted by atomic mass is 9.84. The highest BCUT2D eigenvalue weighted by Gasteiger charge is 2.20. The number of nitrogens with zero attached hydrogens (tertiary/aromatic N) is 1. The highest BCUT2D eigenvalue weighted by atomic mass is 35.5. The molecular formula is C16H25ClN2. The number of hydrogen-bond donors (Lipinski definition) is 1. The van der Waals surface area contributed by atoms with Crippen LogP contribution in [0.1, 0.15) is 39.0 Å². The first kappa shape index (κ1) is 14.5. The molecule has 106 valence electrons. The molecule has 19 heavy (non-hydrogen) atoms. The molecule has 0 bridgehead atoms. The third kappa shape index (κ3) is 3.79. The van der Waals surface area contributed by atoms with E-state index in [1.54, 1.807) is 0 Å². The Bertz CT molecular complexity index is 411. The average molecular weight is 281 g/mol. The van der Waals surface area contributed by atoms with Gasteiger partial charge in [0.25, 0.3) is 0 Å². The van der Waals surface area contributed by atoms with E-state index in [9.17, 15) is 0 Å². The Morgan fingerprint density at radius 2 is 1.89 bits per heavy atom. The van der Waals surface area contributed by atoms with Crippen LogP contribution < -0.4 is 10.2 Å². The van der Waals surface area contributed by atoms with Crippen molar-refractivity contribution < 1.29 is 0 Å². The SMILES string of the molecule is CC(Nc1ccc(N(C)C)c(Cl)c1)C1CCCCC1. The zero-order valence-electron chi connectivity index (χ0n) is 12.2. The predicted octanol–water partition coefficient (Wildman–Crippen LogP) is 4.79. The van der Waals surface area contributed by atoms with Gasteiger partial charge in [-0.25, -0.2) is 0 Å². The predicted molar refractivity (Wildman–Crippen MR) is 85.4 cm³/mol. The van der Waals surface area contributed by atoms with Crippen LogP contribution in [-0.2, 0) is 0 Å². The molecule has 1 N–H and O–H groups in total. The van der Waals surface area contributed by atoms with Crippen LogP contribution in [0.3, 0.4) is 0 Å². The fourth-order valence-electron chi connectivity index (χ4n) is 2.97. The average Bonchev–Trinajstić information content (AvgIpc) is 2.39. The van der Waals surface area contributed by atoms with Gasteiger partial charge in [-0.1, -0.05) is 30.9 Å². The standard InChI is InChI=1S/C16H25ClN2/c1-12(13-7-5-4-6-8-13)18-14-9-10-16(19(2)3)15(17)11-14/h9-13,18H,4-8H2,1-3H3. The van der Waals surface area contributed by atoms with E-state index in [4.69, 9.17) is 11.6 Å². The minimum absolute atomic E-state index is 0.529. The normalized spacial score (nSPS) is 18.1. The Labute approximate surface area is 122 Å². The Morgan fingerprint density at radius 3 is 2.47 bits per heavy atom. The van der Waals surface area contributed by atoms with Gasteiger partial charge in [0.15, 0.2) is 0 Å². The maximum Gasteiger partial charge on any atom is 0.0659 e. The van der Waals surface area contributed by atoms with E-state index in [1.807, 2.05) is 25.1 Å². The van der Waals surface area contributed by atoms with Crippen molar-refractivity contribution in [2.45, 2.75) is 45.1 Å². The molecule has 2 rings (SSSR count). The van der Waals surface area contributed by atoms with Gasteiger partial charge < -0.3 is 10.2 Å². The Balaban J connectivity index is 2.00. The van der Waals surface area contributed by atoms with E-state index in [1.165, 1.54) is 32.1 Å². The molecule has 3 heteroatoms. The summed E-state index contributed by atoms with van der Waals surface area (Å²) in [5.41, 5.74) is 2.20. The maximum absolute atomic E-state index is 6.31. The zero-order chi connectivity index (χ0) is 13.8. The summed E-state index contributed by atoms with van der Waals surface area (Å²) >= 11 is 6.31. The van der Waals surface area contributed by atoms with Crippen molar-refractivity contribution in [2.75, 3.05) is 24.3 Å². The molecule has 0 heterocycles. The molecule has 0 saturated heterocycles. The Kier molecular flexibility index (Phi) is 4.98. The molecule has 1 aromatic carbocycles. The summed E-state index contributed by atoms with van der Waals surface area (Å²) in [6.45, 7) is 2.30. The topological polar surface area (TPSA) is 15.3 Å². The second-order valence-electron chi connectivity index (χ2n) is 5.89. The quantitative estimate of drug-likeness (QED) is 0.853. The molecule has 1 atom stereocenters. The molecule has 1 fully saturated rings. The second-order valence-corrected chi connectivity index (χ2v) is 6.30. The van der Waals surface area contributed by atoms with Gasteiger partial charge in [-0.3, -0.25) is 0 Å². The molecule has 0 spiro atoms. The summed E-state index contributed by atoms with van der Waals surface area (Å²) in [7, 11) is 4.03. The summed E-state index contributed by atoms with van der Waals surface area (Å²) in [6, 6.07) is 6.77. The van der Waals surface area contributed by atoms with E-state index in [2.05, 4.69) is 24.4 Å². The first-order chi connectivity index (χ1) is 9.08. The molecule has 1 aliphatic carbocycles. The van der Waals surface area contributed by atoms with Gasteiger partial charge in [-0.15, -0.1) is 0 Å². The van der Waals surface area contributed by atoms with E-state index in [0.717, 1.165) is 22.3 Å². The van der Waals surface area contributed by atoms with Crippen molar-refractivity contribution in [1.82, 2.24) is 0 Å². The molecule has 1 saturated carbocycles.